The van der Waals surface area contributed by atoms with Crippen LogP contribution >= 0.6 is 31.9 Å². The molecular formula is C19H12Br2N2. The zero-order valence-electron chi connectivity index (χ0n) is 12.1. The zero-order chi connectivity index (χ0) is 15.8. The molecule has 4 rings (SSSR count). The van der Waals surface area contributed by atoms with Gasteiger partial charge < -0.3 is 0 Å². The van der Waals surface area contributed by atoms with Gasteiger partial charge in [-0.05, 0) is 56.1 Å². The van der Waals surface area contributed by atoms with Crippen LogP contribution in [-0.4, -0.2) is 9.55 Å². The van der Waals surface area contributed by atoms with Crippen molar-refractivity contribution < 1.29 is 0 Å². The van der Waals surface area contributed by atoms with Crippen molar-refractivity contribution in [1.82, 2.24) is 9.55 Å². The number of nitrogens with zero attached hydrogens (tertiary/aromatic N) is 2. The fraction of sp³-hybridized carbons (Fsp3) is 0. The first-order valence-corrected chi connectivity index (χ1v) is 8.81. The molecule has 0 atom stereocenters. The van der Waals surface area contributed by atoms with E-state index in [1.807, 2.05) is 48.5 Å². The highest BCUT2D eigenvalue weighted by atomic mass is 79.9. The predicted octanol–water partition coefficient (Wildman–Crippen LogP) is 6.22. The van der Waals surface area contributed by atoms with Crippen LogP contribution in [0.25, 0.3) is 28.1 Å². The molecule has 23 heavy (non-hydrogen) atoms. The molecule has 4 aromatic rings. The molecule has 3 aromatic carbocycles. The quantitative estimate of drug-likeness (QED) is 0.371. The first-order chi connectivity index (χ1) is 11.3. The number of imidazole rings is 1. The highest BCUT2D eigenvalue weighted by molar-refractivity contribution is 9.11. The summed E-state index contributed by atoms with van der Waals surface area (Å²) in [5.74, 6) is 0.930. The summed E-state index contributed by atoms with van der Waals surface area (Å²) in [5.41, 5.74) is 4.19. The van der Waals surface area contributed by atoms with Gasteiger partial charge in [-0.2, -0.15) is 0 Å². The average Bonchev–Trinajstić information content (AvgIpc) is 3.02. The van der Waals surface area contributed by atoms with E-state index >= 15 is 0 Å². The topological polar surface area (TPSA) is 17.8 Å². The van der Waals surface area contributed by atoms with Crippen molar-refractivity contribution in [3.63, 3.8) is 0 Å². The van der Waals surface area contributed by atoms with Crippen LogP contribution in [0.2, 0.25) is 0 Å². The maximum absolute atomic E-state index is 4.91. The molecule has 0 N–H and O–H groups in total. The second-order valence-electron chi connectivity index (χ2n) is 5.20. The third-order valence-electron chi connectivity index (χ3n) is 3.75. The molecule has 0 amide bonds. The van der Waals surface area contributed by atoms with Crippen molar-refractivity contribution in [3.8, 4) is 17.1 Å². The Morgan fingerprint density at radius 3 is 2.00 bits per heavy atom. The minimum Gasteiger partial charge on any atom is -0.291 e. The summed E-state index contributed by atoms with van der Waals surface area (Å²) in [6.07, 6.45) is 0. The van der Waals surface area contributed by atoms with Gasteiger partial charge >= 0.3 is 0 Å². The van der Waals surface area contributed by atoms with Crippen LogP contribution < -0.4 is 0 Å². The van der Waals surface area contributed by atoms with Gasteiger partial charge in [-0.15, -0.1) is 0 Å². The van der Waals surface area contributed by atoms with Crippen LogP contribution in [0, 0.1) is 0 Å². The number of fused-ring (bicyclic) bond motifs is 1. The Hall–Kier alpha value is -1.91. The van der Waals surface area contributed by atoms with E-state index in [4.69, 9.17) is 4.98 Å². The third kappa shape index (κ3) is 2.52. The van der Waals surface area contributed by atoms with Gasteiger partial charge in [-0.25, -0.2) is 4.98 Å². The molecular weight excluding hydrogens is 416 g/mol. The summed E-state index contributed by atoms with van der Waals surface area (Å²) >= 11 is 7.31. The molecule has 0 bridgehead atoms. The molecule has 0 aliphatic heterocycles. The number of benzene rings is 3. The Kier molecular flexibility index (Phi) is 3.79. The minimum absolute atomic E-state index is 0.930. The van der Waals surface area contributed by atoms with Gasteiger partial charge in [0.2, 0.25) is 0 Å². The Morgan fingerprint density at radius 1 is 0.696 bits per heavy atom. The van der Waals surface area contributed by atoms with E-state index < -0.39 is 0 Å². The molecule has 112 valence electrons. The number of hydrogen-bond donors (Lipinski definition) is 0. The summed E-state index contributed by atoms with van der Waals surface area (Å²) in [5, 5.41) is 0. The van der Waals surface area contributed by atoms with Crippen molar-refractivity contribution in [2.45, 2.75) is 0 Å². The maximum Gasteiger partial charge on any atom is 0.145 e. The molecule has 1 aromatic heterocycles. The van der Waals surface area contributed by atoms with Gasteiger partial charge in [0, 0.05) is 20.2 Å². The van der Waals surface area contributed by atoms with Gasteiger partial charge in [0.05, 0.1) is 5.52 Å². The molecule has 0 fully saturated rings. The van der Waals surface area contributed by atoms with Gasteiger partial charge in [0.15, 0.2) is 0 Å². The van der Waals surface area contributed by atoms with Crippen LogP contribution in [0.3, 0.4) is 0 Å². The van der Waals surface area contributed by atoms with Crippen molar-refractivity contribution >= 4 is 42.9 Å². The van der Waals surface area contributed by atoms with Crippen molar-refractivity contribution in [2.75, 3.05) is 0 Å². The monoisotopic (exact) mass is 426 g/mol. The van der Waals surface area contributed by atoms with Crippen molar-refractivity contribution in [1.29, 1.82) is 0 Å². The summed E-state index contributed by atoms with van der Waals surface area (Å²) in [4.78, 5) is 4.91. The lowest BCUT2D eigenvalue weighted by Gasteiger charge is -2.10. The number of hydrogen-bond acceptors (Lipinski definition) is 1. The molecule has 0 unspecified atom stereocenters. The second-order valence-corrected chi connectivity index (χ2v) is 6.91. The first kappa shape index (κ1) is 14.7. The van der Waals surface area contributed by atoms with Crippen LogP contribution in [0.5, 0.6) is 0 Å². The lowest BCUT2D eigenvalue weighted by atomic mass is 10.2. The highest BCUT2D eigenvalue weighted by Crippen LogP contribution is 2.36. The summed E-state index contributed by atoms with van der Waals surface area (Å²) < 4.78 is 4.20. The molecule has 0 radical (unpaired) electrons. The Labute approximate surface area is 151 Å². The number of halogens is 2. The lowest BCUT2D eigenvalue weighted by Crippen LogP contribution is -1.97. The van der Waals surface area contributed by atoms with Crippen LogP contribution in [0.4, 0.5) is 0 Å². The van der Waals surface area contributed by atoms with E-state index in [0.717, 1.165) is 37.1 Å². The van der Waals surface area contributed by atoms with Gasteiger partial charge in [0.1, 0.15) is 11.3 Å². The predicted molar refractivity (Wildman–Crippen MR) is 102 cm³/mol. The Bertz CT molecular complexity index is 977. The molecule has 0 saturated carbocycles. The van der Waals surface area contributed by atoms with E-state index in [0.29, 0.717) is 0 Å². The van der Waals surface area contributed by atoms with Crippen molar-refractivity contribution in [2.24, 2.45) is 0 Å². The van der Waals surface area contributed by atoms with Gasteiger partial charge in [0.25, 0.3) is 0 Å². The van der Waals surface area contributed by atoms with Crippen LogP contribution in [-0.2, 0) is 0 Å². The average molecular weight is 428 g/mol. The zero-order valence-corrected chi connectivity index (χ0v) is 15.3. The summed E-state index contributed by atoms with van der Waals surface area (Å²) in [7, 11) is 0. The molecule has 0 spiro atoms. The van der Waals surface area contributed by atoms with E-state index in [1.165, 1.54) is 0 Å². The molecule has 0 aliphatic rings. The summed E-state index contributed by atoms with van der Waals surface area (Å²) in [6.45, 7) is 0. The second kappa shape index (κ2) is 5.95. The first-order valence-electron chi connectivity index (χ1n) is 7.23. The maximum atomic E-state index is 4.91. The molecule has 4 heteroatoms. The SMILES string of the molecule is Brc1ccc(Br)c2c1nc(-c1ccccc1)n2-c1ccccc1. The van der Waals surface area contributed by atoms with E-state index in [2.05, 4.69) is 60.7 Å². The third-order valence-corrected chi connectivity index (χ3v) is 5.03. The highest BCUT2D eigenvalue weighted by Gasteiger charge is 2.17. The Morgan fingerprint density at radius 2 is 1.30 bits per heavy atom. The van der Waals surface area contributed by atoms with E-state index in [9.17, 15) is 0 Å². The number of aromatic nitrogens is 2. The van der Waals surface area contributed by atoms with Gasteiger partial charge in [-0.1, -0.05) is 48.5 Å². The number of para-hydroxylation sites is 1. The normalized spacial score (nSPS) is 11.0. The molecule has 2 nitrogen and oxygen atoms in total. The fourth-order valence-corrected chi connectivity index (χ4v) is 3.63. The fourth-order valence-electron chi connectivity index (χ4n) is 2.72. The molecule has 0 saturated heterocycles. The lowest BCUT2D eigenvalue weighted by molar-refractivity contribution is 1.10. The van der Waals surface area contributed by atoms with Gasteiger partial charge in [-0.3, -0.25) is 4.57 Å². The van der Waals surface area contributed by atoms with Crippen molar-refractivity contribution in [3.05, 3.63) is 81.7 Å². The molecule has 0 aliphatic carbocycles. The van der Waals surface area contributed by atoms with E-state index in [-0.39, 0.29) is 0 Å². The van der Waals surface area contributed by atoms with Crippen LogP contribution in [0.1, 0.15) is 0 Å². The summed E-state index contributed by atoms with van der Waals surface area (Å²) in [6, 6.07) is 24.6. The minimum atomic E-state index is 0.930. The molecule has 1 heterocycles. The Balaban J connectivity index is 2.14. The number of rotatable bonds is 2. The van der Waals surface area contributed by atoms with E-state index in [1.54, 1.807) is 0 Å². The van der Waals surface area contributed by atoms with Crippen LogP contribution in [0.15, 0.2) is 81.7 Å². The largest absolute Gasteiger partial charge is 0.291 e. The standard InChI is InChI=1S/C19H12Br2N2/c20-15-11-12-16(21)18-17(15)22-19(13-7-3-1-4-8-13)23(18)14-9-5-2-6-10-14/h1-12H. The smallest absolute Gasteiger partial charge is 0.145 e.